The third-order valence-electron chi connectivity index (χ3n) is 2.58. The lowest BCUT2D eigenvalue weighted by molar-refractivity contribution is 1.07. The molecule has 2 aromatic heterocycles. The van der Waals surface area contributed by atoms with Crippen molar-refractivity contribution in [2.75, 3.05) is 0 Å². The van der Waals surface area contributed by atoms with Gasteiger partial charge >= 0.3 is 5.69 Å². The van der Waals surface area contributed by atoms with E-state index in [0.29, 0.717) is 16.4 Å². The lowest BCUT2D eigenvalue weighted by Crippen LogP contribution is -2.21. The molecule has 0 bridgehead atoms. The van der Waals surface area contributed by atoms with Crippen LogP contribution in [-0.2, 0) is 0 Å². The number of nitrogens with zero attached hydrogens (tertiary/aromatic N) is 1. The summed E-state index contributed by atoms with van der Waals surface area (Å²) in [5.74, 6) is 0.455. The van der Waals surface area contributed by atoms with E-state index >= 15 is 0 Å². The Morgan fingerprint density at radius 1 is 1.16 bits per heavy atom. The van der Waals surface area contributed by atoms with E-state index in [2.05, 4.69) is 35.9 Å². The van der Waals surface area contributed by atoms with Crippen molar-refractivity contribution in [3.05, 3.63) is 48.5 Å². The molecule has 0 amide bonds. The topological polar surface area (TPSA) is 94.4 Å². The Morgan fingerprint density at radius 2 is 1.95 bits per heavy atom. The molecule has 0 spiro atoms. The third-order valence-corrected chi connectivity index (χ3v) is 3.82. The average Bonchev–Trinajstić information content (AvgIpc) is 2.76. The van der Waals surface area contributed by atoms with Crippen molar-refractivity contribution in [2.45, 2.75) is 0 Å². The summed E-state index contributed by atoms with van der Waals surface area (Å²) < 4.78 is 0.764. The van der Waals surface area contributed by atoms with E-state index in [1.165, 1.54) is 0 Å². The Balaban J connectivity index is 2.26. The maximum Gasteiger partial charge on any atom is 0.327 e. The Hall–Kier alpha value is -1.86. The number of nitrogens with one attached hydrogen (secondary N) is 3. The van der Waals surface area contributed by atoms with Gasteiger partial charge in [-0.3, -0.25) is 14.8 Å². The fourth-order valence-corrected chi connectivity index (χ4v) is 2.14. The monoisotopic (exact) mass is 340 g/mol. The van der Waals surface area contributed by atoms with Crippen LogP contribution in [0.5, 0.6) is 0 Å². The number of imidazole rings is 1. The number of hydrogen-bond donors (Lipinski definition) is 3. The molecule has 0 unspecified atom stereocenters. The van der Waals surface area contributed by atoms with E-state index in [9.17, 15) is 9.59 Å². The van der Waals surface area contributed by atoms with Crippen molar-refractivity contribution in [2.24, 2.45) is 0 Å². The van der Waals surface area contributed by atoms with Crippen LogP contribution in [-0.4, -0.2) is 19.9 Å². The quantitative estimate of drug-likeness (QED) is 0.632. The van der Waals surface area contributed by atoms with Gasteiger partial charge in [-0.25, -0.2) is 9.78 Å². The van der Waals surface area contributed by atoms with Gasteiger partial charge in [0.1, 0.15) is 11.3 Å². The minimum Gasteiger partial charge on any atom is -0.332 e. The largest absolute Gasteiger partial charge is 0.332 e. The predicted octanol–water partition coefficient (Wildman–Crippen LogP) is 2.02. The maximum absolute atomic E-state index is 11.6. The Labute approximate surface area is 119 Å². The maximum atomic E-state index is 11.6. The summed E-state index contributed by atoms with van der Waals surface area (Å²) in [7, 11) is 0. The van der Waals surface area contributed by atoms with E-state index in [-0.39, 0.29) is 11.2 Å². The van der Waals surface area contributed by atoms with Gasteiger partial charge in [-0.1, -0.05) is 17.7 Å². The third kappa shape index (κ3) is 2.11. The zero-order chi connectivity index (χ0) is 13.6. The average molecular weight is 342 g/mol. The van der Waals surface area contributed by atoms with Crippen LogP contribution < -0.4 is 11.2 Å². The molecule has 0 saturated heterocycles. The van der Waals surface area contributed by atoms with Gasteiger partial charge < -0.3 is 4.98 Å². The van der Waals surface area contributed by atoms with Gasteiger partial charge in [0.2, 0.25) is 0 Å². The number of rotatable bonds is 1. The fourth-order valence-electron chi connectivity index (χ4n) is 1.71. The first-order chi connectivity index (χ1) is 9.04. The molecular weight excluding hydrogens is 336 g/mol. The van der Waals surface area contributed by atoms with Crippen LogP contribution in [0.2, 0.25) is 5.02 Å². The molecule has 8 heteroatoms. The highest BCUT2D eigenvalue weighted by molar-refractivity contribution is 9.10. The fraction of sp³-hybridized carbons (Fsp3) is 0. The first kappa shape index (κ1) is 12.2. The molecule has 0 aliphatic rings. The van der Waals surface area contributed by atoms with Crippen molar-refractivity contribution in [1.29, 1.82) is 0 Å². The van der Waals surface area contributed by atoms with Crippen molar-refractivity contribution >= 4 is 38.7 Å². The van der Waals surface area contributed by atoms with Gasteiger partial charge in [-0.2, -0.15) is 0 Å². The normalized spacial score (nSPS) is 11.1. The lowest BCUT2D eigenvalue weighted by Gasteiger charge is -1.99. The highest BCUT2D eigenvalue weighted by Gasteiger charge is 2.10. The SMILES string of the molecule is O=c1[nH]c(=O)c2[nH]c(-c3ccc(Br)c(Cl)c3)nc2[nH]1. The smallest absolute Gasteiger partial charge is 0.327 e. The van der Waals surface area contributed by atoms with E-state index in [1.54, 1.807) is 18.2 Å². The number of benzene rings is 1. The second-order valence-electron chi connectivity index (χ2n) is 3.85. The molecule has 6 nitrogen and oxygen atoms in total. The Kier molecular flexibility index (Phi) is 2.79. The van der Waals surface area contributed by atoms with E-state index in [4.69, 9.17) is 11.6 Å². The van der Waals surface area contributed by atoms with Crippen LogP contribution in [0.4, 0.5) is 0 Å². The molecule has 2 heterocycles. The summed E-state index contributed by atoms with van der Waals surface area (Å²) in [5.41, 5.74) is 0.0335. The van der Waals surface area contributed by atoms with E-state index in [0.717, 1.165) is 4.47 Å². The van der Waals surface area contributed by atoms with Crippen molar-refractivity contribution in [3.8, 4) is 11.4 Å². The van der Waals surface area contributed by atoms with Crippen molar-refractivity contribution < 1.29 is 0 Å². The standard InChI is InChI=1S/C11H6BrClN4O2/c12-5-2-1-4(3-6(5)13)8-14-7-9(15-8)16-11(19)17-10(7)18/h1-3H,(H3,14,15,16,17,18,19). The second kappa shape index (κ2) is 4.36. The number of aromatic nitrogens is 4. The predicted molar refractivity (Wildman–Crippen MR) is 75.5 cm³/mol. The molecule has 0 aliphatic carbocycles. The molecule has 1 aromatic carbocycles. The number of fused-ring (bicyclic) bond motifs is 1. The van der Waals surface area contributed by atoms with Crippen LogP contribution in [0.15, 0.2) is 32.3 Å². The molecule has 0 saturated carbocycles. The van der Waals surface area contributed by atoms with Crippen molar-refractivity contribution in [1.82, 2.24) is 19.9 Å². The Morgan fingerprint density at radius 3 is 2.68 bits per heavy atom. The molecule has 19 heavy (non-hydrogen) atoms. The van der Waals surface area contributed by atoms with Gasteiger partial charge in [-0.15, -0.1) is 0 Å². The summed E-state index contributed by atoms with van der Waals surface area (Å²) in [6.45, 7) is 0. The Bertz CT molecular complexity index is 896. The summed E-state index contributed by atoms with van der Waals surface area (Å²) in [6.07, 6.45) is 0. The van der Waals surface area contributed by atoms with Crippen molar-refractivity contribution in [3.63, 3.8) is 0 Å². The van der Waals surface area contributed by atoms with Gasteiger partial charge in [0.15, 0.2) is 5.65 Å². The number of hydrogen-bond acceptors (Lipinski definition) is 3. The molecule has 0 radical (unpaired) electrons. The summed E-state index contributed by atoms with van der Waals surface area (Å²) in [5, 5.41) is 0.528. The van der Waals surface area contributed by atoms with Gasteiger partial charge in [0.25, 0.3) is 5.56 Å². The van der Waals surface area contributed by atoms with E-state index < -0.39 is 11.2 Å². The molecule has 0 fully saturated rings. The minimum atomic E-state index is -0.593. The molecule has 3 N–H and O–H groups in total. The van der Waals surface area contributed by atoms with E-state index in [1.807, 2.05) is 0 Å². The second-order valence-corrected chi connectivity index (χ2v) is 5.11. The van der Waals surface area contributed by atoms with Crippen LogP contribution >= 0.6 is 27.5 Å². The molecule has 3 rings (SSSR count). The van der Waals surface area contributed by atoms with Crippen LogP contribution in [0.3, 0.4) is 0 Å². The molecule has 0 atom stereocenters. The van der Waals surface area contributed by atoms with Crippen LogP contribution in [0.1, 0.15) is 0 Å². The van der Waals surface area contributed by atoms with Gasteiger partial charge in [-0.05, 0) is 28.1 Å². The summed E-state index contributed by atoms with van der Waals surface area (Å²) in [6, 6.07) is 5.27. The summed E-state index contributed by atoms with van der Waals surface area (Å²) in [4.78, 5) is 34.3. The van der Waals surface area contributed by atoms with Gasteiger partial charge in [0, 0.05) is 10.0 Å². The molecule has 96 valence electrons. The number of aromatic amines is 3. The highest BCUT2D eigenvalue weighted by atomic mass is 79.9. The highest BCUT2D eigenvalue weighted by Crippen LogP contribution is 2.27. The number of H-pyrrole nitrogens is 3. The van der Waals surface area contributed by atoms with Gasteiger partial charge in [0.05, 0.1) is 5.02 Å². The minimum absolute atomic E-state index is 0.211. The van der Waals surface area contributed by atoms with Crippen LogP contribution in [0, 0.1) is 0 Å². The first-order valence-electron chi connectivity index (χ1n) is 5.22. The molecule has 0 aliphatic heterocycles. The molecule has 3 aromatic rings. The lowest BCUT2D eigenvalue weighted by atomic mass is 10.2. The summed E-state index contributed by atoms with van der Waals surface area (Å²) >= 11 is 9.30. The van der Waals surface area contributed by atoms with Crippen LogP contribution in [0.25, 0.3) is 22.6 Å². The zero-order valence-electron chi connectivity index (χ0n) is 9.25. The number of halogens is 2. The first-order valence-corrected chi connectivity index (χ1v) is 6.39. The molecular formula is C11H6BrClN4O2. The zero-order valence-corrected chi connectivity index (χ0v) is 11.6.